The normalized spacial score (nSPS) is 11.8. The molecule has 2 rings (SSSR count). The maximum absolute atomic E-state index is 12.9. The average Bonchev–Trinajstić information content (AvgIpc) is 2.77. The summed E-state index contributed by atoms with van der Waals surface area (Å²) >= 11 is 0. The highest BCUT2D eigenvalue weighted by molar-refractivity contribution is 5.42. The minimum atomic E-state index is -4.43. The van der Waals surface area contributed by atoms with Gasteiger partial charge in [0.15, 0.2) is 0 Å². The van der Waals surface area contributed by atoms with Crippen LogP contribution in [0.5, 0.6) is 0 Å². The van der Waals surface area contributed by atoms with Crippen LogP contribution in [0.1, 0.15) is 11.3 Å². The Kier molecular flexibility index (Phi) is 3.33. The Balaban J connectivity index is 2.54. The van der Waals surface area contributed by atoms with Crippen molar-refractivity contribution >= 4 is 0 Å². The van der Waals surface area contributed by atoms with Crippen molar-refractivity contribution in [2.75, 3.05) is 6.54 Å². The van der Waals surface area contributed by atoms with Gasteiger partial charge in [-0.25, -0.2) is 4.68 Å². The number of para-hydroxylation sites is 1. The summed E-state index contributed by atoms with van der Waals surface area (Å²) in [6, 6.07) is 5.24. The van der Waals surface area contributed by atoms with Crippen LogP contribution >= 0.6 is 0 Å². The van der Waals surface area contributed by atoms with Gasteiger partial charge < -0.3 is 5.73 Å². The second-order valence-corrected chi connectivity index (χ2v) is 3.69. The Morgan fingerprint density at radius 1 is 1.22 bits per heavy atom. The Labute approximate surface area is 101 Å². The number of benzene rings is 1. The first-order chi connectivity index (χ1) is 8.54. The van der Waals surface area contributed by atoms with Gasteiger partial charge in [0.25, 0.3) is 0 Å². The van der Waals surface area contributed by atoms with Crippen LogP contribution in [0.15, 0.2) is 30.5 Å². The number of hydrogen-bond donors (Lipinski definition) is 1. The molecule has 0 amide bonds. The number of hydrogen-bond acceptors (Lipinski definition) is 3. The van der Waals surface area contributed by atoms with Gasteiger partial charge in [0, 0.05) is 6.42 Å². The van der Waals surface area contributed by atoms with Crippen molar-refractivity contribution in [2.45, 2.75) is 12.6 Å². The molecule has 0 bridgehead atoms. The molecule has 1 aromatic carbocycles. The maximum Gasteiger partial charge on any atom is 0.418 e. The smallest absolute Gasteiger partial charge is 0.330 e. The summed E-state index contributed by atoms with van der Waals surface area (Å²) in [5.41, 5.74) is 5.17. The second-order valence-electron chi connectivity index (χ2n) is 3.69. The van der Waals surface area contributed by atoms with E-state index in [9.17, 15) is 13.2 Å². The van der Waals surface area contributed by atoms with E-state index in [4.69, 9.17) is 5.73 Å². The van der Waals surface area contributed by atoms with Gasteiger partial charge in [-0.2, -0.15) is 13.2 Å². The molecule has 2 N–H and O–H groups in total. The van der Waals surface area contributed by atoms with Crippen LogP contribution in [0.25, 0.3) is 5.69 Å². The molecule has 7 heteroatoms. The summed E-state index contributed by atoms with van der Waals surface area (Å²) in [6.45, 7) is 0.321. The first-order valence-electron chi connectivity index (χ1n) is 5.30. The number of nitrogens with zero attached hydrogens (tertiary/aromatic N) is 3. The molecule has 1 heterocycles. The number of alkyl halides is 3. The molecular formula is C11H11F3N4. The van der Waals surface area contributed by atoms with Crippen LogP contribution in [-0.2, 0) is 12.6 Å². The van der Waals surface area contributed by atoms with Gasteiger partial charge in [0.1, 0.15) is 0 Å². The molecule has 0 aliphatic heterocycles. The fourth-order valence-corrected chi connectivity index (χ4v) is 1.68. The van der Waals surface area contributed by atoms with Crippen LogP contribution in [0.4, 0.5) is 13.2 Å². The van der Waals surface area contributed by atoms with E-state index in [-0.39, 0.29) is 5.69 Å². The van der Waals surface area contributed by atoms with Crippen LogP contribution < -0.4 is 5.73 Å². The zero-order valence-corrected chi connectivity index (χ0v) is 9.35. The summed E-state index contributed by atoms with van der Waals surface area (Å²) in [5.74, 6) is 0. The van der Waals surface area contributed by atoms with Gasteiger partial charge >= 0.3 is 6.18 Å². The molecule has 2 aromatic rings. The summed E-state index contributed by atoms with van der Waals surface area (Å²) in [4.78, 5) is 0. The maximum atomic E-state index is 12.9. The van der Waals surface area contributed by atoms with Crippen molar-refractivity contribution in [1.82, 2.24) is 15.0 Å². The van der Waals surface area contributed by atoms with Gasteiger partial charge in [0.2, 0.25) is 0 Å². The fraction of sp³-hybridized carbons (Fsp3) is 0.273. The molecule has 0 saturated heterocycles. The van der Waals surface area contributed by atoms with E-state index in [1.165, 1.54) is 29.1 Å². The van der Waals surface area contributed by atoms with Crippen molar-refractivity contribution in [1.29, 1.82) is 0 Å². The average molecular weight is 256 g/mol. The lowest BCUT2D eigenvalue weighted by molar-refractivity contribution is -0.137. The lowest BCUT2D eigenvalue weighted by Gasteiger charge is -2.13. The highest BCUT2D eigenvalue weighted by atomic mass is 19.4. The van der Waals surface area contributed by atoms with E-state index >= 15 is 0 Å². The molecule has 96 valence electrons. The van der Waals surface area contributed by atoms with Crippen LogP contribution in [0, 0.1) is 0 Å². The first-order valence-corrected chi connectivity index (χ1v) is 5.30. The lowest BCUT2D eigenvalue weighted by atomic mass is 10.1. The monoisotopic (exact) mass is 256 g/mol. The zero-order valence-electron chi connectivity index (χ0n) is 9.35. The lowest BCUT2D eigenvalue weighted by Crippen LogP contribution is -2.14. The van der Waals surface area contributed by atoms with Crippen molar-refractivity contribution in [2.24, 2.45) is 5.73 Å². The molecule has 0 saturated carbocycles. The molecule has 0 atom stereocenters. The number of aromatic nitrogens is 3. The second kappa shape index (κ2) is 4.77. The standard InChI is InChI=1S/C11H11F3N4/c12-11(13,14)9-3-1-2-4-10(9)18-8(5-6-15)7-16-17-18/h1-4,7H,5-6,15H2. The van der Waals surface area contributed by atoms with E-state index in [0.717, 1.165) is 6.07 Å². The predicted molar refractivity (Wildman–Crippen MR) is 59.1 cm³/mol. The highest BCUT2D eigenvalue weighted by Gasteiger charge is 2.34. The van der Waals surface area contributed by atoms with Gasteiger partial charge in [-0.3, -0.25) is 0 Å². The largest absolute Gasteiger partial charge is 0.418 e. The van der Waals surface area contributed by atoms with Crippen LogP contribution in [0.2, 0.25) is 0 Å². The topological polar surface area (TPSA) is 56.7 Å². The molecule has 1 aromatic heterocycles. The third-order valence-electron chi connectivity index (χ3n) is 2.46. The molecule has 4 nitrogen and oxygen atoms in total. The van der Waals surface area contributed by atoms with Gasteiger partial charge in [-0.15, -0.1) is 5.10 Å². The van der Waals surface area contributed by atoms with Gasteiger partial charge in [-0.05, 0) is 18.7 Å². The van der Waals surface area contributed by atoms with Crippen molar-refractivity contribution < 1.29 is 13.2 Å². The molecule has 0 fully saturated rings. The van der Waals surface area contributed by atoms with E-state index in [0.29, 0.717) is 18.7 Å². The zero-order chi connectivity index (χ0) is 13.2. The molecule has 0 spiro atoms. The number of halogens is 3. The SMILES string of the molecule is NCCc1cnnn1-c1ccccc1C(F)(F)F. The van der Waals surface area contributed by atoms with Crippen LogP contribution in [-0.4, -0.2) is 21.5 Å². The first kappa shape index (κ1) is 12.6. The summed E-state index contributed by atoms with van der Waals surface area (Å²) in [7, 11) is 0. The van der Waals surface area contributed by atoms with Crippen molar-refractivity contribution in [3.63, 3.8) is 0 Å². The van der Waals surface area contributed by atoms with E-state index in [1.807, 2.05) is 0 Å². The minimum absolute atomic E-state index is 0.0362. The minimum Gasteiger partial charge on any atom is -0.330 e. The molecule has 0 radical (unpaired) electrons. The molecule has 18 heavy (non-hydrogen) atoms. The highest BCUT2D eigenvalue weighted by Crippen LogP contribution is 2.33. The third-order valence-corrected chi connectivity index (χ3v) is 2.46. The van der Waals surface area contributed by atoms with E-state index < -0.39 is 11.7 Å². The van der Waals surface area contributed by atoms with Crippen molar-refractivity contribution in [3.05, 3.63) is 41.7 Å². The predicted octanol–water partition coefficient (Wildman–Crippen LogP) is 1.79. The van der Waals surface area contributed by atoms with E-state index in [2.05, 4.69) is 10.3 Å². The Morgan fingerprint density at radius 3 is 2.61 bits per heavy atom. The van der Waals surface area contributed by atoms with Gasteiger partial charge in [-0.1, -0.05) is 17.3 Å². The van der Waals surface area contributed by atoms with Crippen LogP contribution in [0.3, 0.4) is 0 Å². The summed E-state index contributed by atoms with van der Waals surface area (Å²) < 4.78 is 39.8. The molecule has 0 unspecified atom stereocenters. The molecular weight excluding hydrogens is 245 g/mol. The third kappa shape index (κ3) is 2.35. The fourth-order valence-electron chi connectivity index (χ4n) is 1.68. The Bertz CT molecular complexity index is 533. The quantitative estimate of drug-likeness (QED) is 0.910. The molecule has 0 aliphatic rings. The summed E-state index contributed by atoms with van der Waals surface area (Å²) in [6.07, 6.45) is -2.60. The Morgan fingerprint density at radius 2 is 1.94 bits per heavy atom. The van der Waals surface area contributed by atoms with E-state index in [1.54, 1.807) is 0 Å². The summed E-state index contributed by atoms with van der Waals surface area (Å²) in [5, 5.41) is 7.32. The number of rotatable bonds is 3. The number of nitrogens with two attached hydrogens (primary N) is 1. The Hall–Kier alpha value is -1.89. The van der Waals surface area contributed by atoms with Gasteiger partial charge in [0.05, 0.1) is 23.1 Å². The van der Waals surface area contributed by atoms with Crippen molar-refractivity contribution in [3.8, 4) is 5.69 Å². The molecule has 0 aliphatic carbocycles.